The summed E-state index contributed by atoms with van der Waals surface area (Å²) in [6, 6.07) is 8.89. The number of hydrogen-bond acceptors (Lipinski definition) is 5. The number of nitrogens with zero attached hydrogens (tertiary/aromatic N) is 1. The summed E-state index contributed by atoms with van der Waals surface area (Å²) in [6.07, 6.45) is -0.841. The molecular formula is C15H19NO6. The van der Waals surface area contributed by atoms with Gasteiger partial charge >= 0.3 is 12.1 Å². The van der Waals surface area contributed by atoms with Crippen LogP contribution < -0.4 is 0 Å². The number of aliphatic hydroxyl groups excluding tert-OH is 1. The summed E-state index contributed by atoms with van der Waals surface area (Å²) in [7, 11) is 0. The van der Waals surface area contributed by atoms with E-state index in [0.717, 1.165) is 5.56 Å². The number of β-amino-alcohol motifs (C(OH)–C–C–N with tert-alkyl or cyclic N) is 1. The molecule has 0 aliphatic carbocycles. The van der Waals surface area contributed by atoms with Gasteiger partial charge in [0.2, 0.25) is 0 Å². The molecule has 0 bridgehead atoms. The molecule has 1 aromatic carbocycles. The molecule has 1 aliphatic heterocycles. The van der Waals surface area contributed by atoms with Crippen molar-refractivity contribution in [1.29, 1.82) is 0 Å². The summed E-state index contributed by atoms with van der Waals surface area (Å²) in [5.74, 6) is -1.07. The van der Waals surface area contributed by atoms with Crippen molar-refractivity contribution in [3.8, 4) is 0 Å². The Bertz CT molecular complexity index is 506. The molecule has 1 aromatic rings. The number of likely N-dealkylation sites (tertiary alicyclic amines) is 1. The third-order valence-corrected chi connectivity index (χ3v) is 3.37. The minimum atomic E-state index is -1.07. The lowest BCUT2D eigenvalue weighted by molar-refractivity contribution is -0.142. The molecular weight excluding hydrogens is 290 g/mol. The lowest BCUT2D eigenvalue weighted by Gasteiger charge is -2.23. The third kappa shape index (κ3) is 4.71. The second-order valence-corrected chi connectivity index (χ2v) is 5.14. The molecule has 1 fully saturated rings. The fourth-order valence-electron chi connectivity index (χ4n) is 2.36. The number of ether oxygens (including phenoxy) is 2. The van der Waals surface area contributed by atoms with E-state index in [-0.39, 0.29) is 25.8 Å². The first-order valence-corrected chi connectivity index (χ1v) is 7.01. The van der Waals surface area contributed by atoms with Gasteiger partial charge in [0.1, 0.15) is 13.2 Å². The van der Waals surface area contributed by atoms with Crippen molar-refractivity contribution in [1.82, 2.24) is 4.90 Å². The average Bonchev–Trinajstić information content (AvgIpc) is 2.86. The second-order valence-electron chi connectivity index (χ2n) is 5.14. The van der Waals surface area contributed by atoms with E-state index in [1.165, 1.54) is 4.90 Å². The van der Waals surface area contributed by atoms with Gasteiger partial charge in [-0.3, -0.25) is 0 Å². The minimum absolute atomic E-state index is 0.0593. The Morgan fingerprint density at radius 1 is 1.27 bits per heavy atom. The number of carbonyl (C=O) groups is 2. The first-order chi connectivity index (χ1) is 10.6. The zero-order valence-electron chi connectivity index (χ0n) is 12.1. The van der Waals surface area contributed by atoms with Gasteiger partial charge in [-0.15, -0.1) is 0 Å². The van der Waals surface area contributed by atoms with Crippen LogP contribution >= 0.6 is 0 Å². The van der Waals surface area contributed by atoms with Crippen LogP contribution in [0.3, 0.4) is 0 Å². The maximum absolute atomic E-state index is 12.1. The summed E-state index contributed by atoms with van der Waals surface area (Å²) in [4.78, 5) is 23.9. The van der Waals surface area contributed by atoms with Gasteiger partial charge in [0.25, 0.3) is 0 Å². The fourth-order valence-corrected chi connectivity index (χ4v) is 2.36. The molecule has 0 unspecified atom stereocenters. The van der Waals surface area contributed by atoms with Gasteiger partial charge in [0.15, 0.2) is 0 Å². The number of carboxylic acid groups (broad SMARTS) is 1. The van der Waals surface area contributed by atoms with E-state index in [1.807, 2.05) is 30.3 Å². The van der Waals surface area contributed by atoms with Crippen molar-refractivity contribution in [3.05, 3.63) is 35.9 Å². The van der Waals surface area contributed by atoms with E-state index >= 15 is 0 Å². The second kappa shape index (κ2) is 7.77. The number of amides is 1. The van der Waals surface area contributed by atoms with E-state index in [0.29, 0.717) is 6.42 Å². The van der Waals surface area contributed by atoms with Gasteiger partial charge in [0.05, 0.1) is 25.3 Å². The smallest absolute Gasteiger partial charge is 0.410 e. The van der Waals surface area contributed by atoms with Crippen LogP contribution in [0.1, 0.15) is 12.0 Å². The summed E-state index contributed by atoms with van der Waals surface area (Å²) in [6.45, 7) is -0.0625. The number of carboxylic acids is 1. The van der Waals surface area contributed by atoms with Crippen LogP contribution in [0.25, 0.3) is 0 Å². The highest BCUT2D eigenvalue weighted by molar-refractivity contribution is 5.69. The molecule has 2 atom stereocenters. The summed E-state index contributed by atoms with van der Waals surface area (Å²) in [5.41, 5.74) is 0.870. The van der Waals surface area contributed by atoms with Crippen molar-refractivity contribution < 1.29 is 29.3 Å². The fraction of sp³-hybridized carbons (Fsp3) is 0.467. The van der Waals surface area contributed by atoms with Gasteiger partial charge in [-0.25, -0.2) is 9.59 Å². The van der Waals surface area contributed by atoms with Crippen molar-refractivity contribution in [2.45, 2.75) is 25.2 Å². The molecule has 1 aliphatic rings. The van der Waals surface area contributed by atoms with E-state index in [9.17, 15) is 14.7 Å². The molecule has 22 heavy (non-hydrogen) atoms. The number of carbonyl (C=O) groups excluding carboxylic acids is 1. The Morgan fingerprint density at radius 3 is 2.68 bits per heavy atom. The van der Waals surface area contributed by atoms with E-state index in [4.69, 9.17) is 14.6 Å². The van der Waals surface area contributed by atoms with Gasteiger partial charge in [0, 0.05) is 0 Å². The molecule has 1 heterocycles. The lowest BCUT2D eigenvalue weighted by Crippen LogP contribution is -2.39. The summed E-state index contributed by atoms with van der Waals surface area (Å²) >= 11 is 0. The molecule has 7 nitrogen and oxygen atoms in total. The molecule has 0 aromatic heterocycles. The standard InChI is InChI=1S/C15H19NO6/c17-13-6-12(9-21-10-14(18)19)16(7-13)15(20)22-8-11-4-2-1-3-5-11/h1-5,12-13,17H,6-10H2,(H,18,19)/t12-,13+/m0/s1. The van der Waals surface area contributed by atoms with Crippen LogP contribution in [-0.4, -0.2) is 59.1 Å². The van der Waals surface area contributed by atoms with E-state index in [2.05, 4.69) is 0 Å². The Labute approximate surface area is 128 Å². The van der Waals surface area contributed by atoms with Crippen molar-refractivity contribution >= 4 is 12.1 Å². The Hall–Kier alpha value is -2.12. The van der Waals surface area contributed by atoms with Gasteiger partial charge in [-0.1, -0.05) is 30.3 Å². The monoisotopic (exact) mass is 309 g/mol. The topological polar surface area (TPSA) is 96.3 Å². The highest BCUT2D eigenvalue weighted by Gasteiger charge is 2.35. The van der Waals surface area contributed by atoms with Crippen molar-refractivity contribution in [3.63, 3.8) is 0 Å². The molecule has 1 amide bonds. The third-order valence-electron chi connectivity index (χ3n) is 3.37. The number of aliphatic hydroxyl groups is 1. The van der Waals surface area contributed by atoms with Gasteiger partial charge in [-0.05, 0) is 12.0 Å². The SMILES string of the molecule is O=C(O)COC[C@@H]1C[C@@H](O)CN1C(=O)OCc1ccccc1. The quantitative estimate of drug-likeness (QED) is 0.809. The molecule has 2 rings (SSSR count). The minimum Gasteiger partial charge on any atom is -0.480 e. The van der Waals surface area contributed by atoms with E-state index in [1.54, 1.807) is 0 Å². The Balaban J connectivity index is 1.84. The molecule has 0 radical (unpaired) electrons. The predicted molar refractivity (Wildman–Crippen MR) is 76.2 cm³/mol. The Morgan fingerprint density at radius 2 is 2.00 bits per heavy atom. The molecule has 7 heteroatoms. The number of benzene rings is 1. The first kappa shape index (κ1) is 16.3. The highest BCUT2D eigenvalue weighted by Crippen LogP contribution is 2.19. The largest absolute Gasteiger partial charge is 0.480 e. The maximum Gasteiger partial charge on any atom is 0.410 e. The maximum atomic E-state index is 12.1. The normalized spacial score (nSPS) is 20.9. The van der Waals surface area contributed by atoms with Crippen molar-refractivity contribution in [2.75, 3.05) is 19.8 Å². The van der Waals surface area contributed by atoms with Gasteiger partial charge < -0.3 is 24.6 Å². The Kier molecular flexibility index (Phi) is 5.74. The summed E-state index contributed by atoms with van der Waals surface area (Å²) in [5, 5.41) is 18.2. The van der Waals surface area contributed by atoms with Crippen LogP contribution in [0.5, 0.6) is 0 Å². The van der Waals surface area contributed by atoms with Crippen molar-refractivity contribution in [2.24, 2.45) is 0 Å². The number of hydrogen-bond donors (Lipinski definition) is 2. The van der Waals surface area contributed by atoms with Crippen LogP contribution in [0.2, 0.25) is 0 Å². The van der Waals surface area contributed by atoms with Gasteiger partial charge in [-0.2, -0.15) is 0 Å². The van der Waals surface area contributed by atoms with Crippen LogP contribution in [0.4, 0.5) is 4.79 Å². The molecule has 120 valence electrons. The molecule has 1 saturated heterocycles. The molecule has 0 saturated carbocycles. The zero-order chi connectivity index (χ0) is 15.9. The van der Waals surface area contributed by atoms with Crippen LogP contribution in [0, 0.1) is 0 Å². The van der Waals surface area contributed by atoms with E-state index < -0.39 is 24.8 Å². The number of rotatable bonds is 6. The van der Waals surface area contributed by atoms with Crippen LogP contribution in [-0.2, 0) is 20.9 Å². The predicted octanol–water partition coefficient (Wildman–Crippen LogP) is 0.860. The average molecular weight is 309 g/mol. The van der Waals surface area contributed by atoms with Crippen LogP contribution in [0.15, 0.2) is 30.3 Å². The zero-order valence-corrected chi connectivity index (χ0v) is 12.1. The first-order valence-electron chi connectivity index (χ1n) is 7.01. The molecule has 2 N–H and O–H groups in total. The highest BCUT2D eigenvalue weighted by atomic mass is 16.6. The number of aliphatic carboxylic acids is 1. The molecule has 0 spiro atoms. The lowest BCUT2D eigenvalue weighted by atomic mass is 10.2. The summed E-state index contributed by atoms with van der Waals surface area (Å²) < 4.78 is 10.2.